The van der Waals surface area contributed by atoms with Crippen LogP contribution in [0.5, 0.6) is 17.2 Å². The van der Waals surface area contributed by atoms with Gasteiger partial charge in [-0.05, 0) is 36.2 Å². The van der Waals surface area contributed by atoms with Crippen LogP contribution in [0.2, 0.25) is 0 Å². The molecule has 1 aromatic heterocycles. The van der Waals surface area contributed by atoms with Crippen LogP contribution in [0.25, 0.3) is 5.69 Å². The van der Waals surface area contributed by atoms with Crippen molar-refractivity contribution in [3.8, 4) is 22.9 Å². The number of hydrogen-bond acceptors (Lipinski definition) is 5. The maximum Gasteiger partial charge on any atom is 0.437 e. The lowest BCUT2D eigenvalue weighted by Gasteiger charge is -2.13. The average Bonchev–Trinajstić information content (AvgIpc) is 3.18. The summed E-state index contributed by atoms with van der Waals surface area (Å²) in [7, 11) is 3.03. The first-order valence-corrected chi connectivity index (χ1v) is 9.20. The summed E-state index contributed by atoms with van der Waals surface area (Å²) in [5, 5.41) is 6.17. The third-order valence-electron chi connectivity index (χ3n) is 4.30. The van der Waals surface area contributed by atoms with Crippen molar-refractivity contribution in [1.82, 2.24) is 15.1 Å². The summed E-state index contributed by atoms with van der Waals surface area (Å²) in [5.74, 6) is 0.483. The maximum absolute atomic E-state index is 13.6. The fraction of sp³-hybridized carbons (Fsp3) is 0.238. The second-order valence-corrected chi connectivity index (χ2v) is 6.39. The van der Waals surface area contributed by atoms with Gasteiger partial charge in [-0.3, -0.25) is 0 Å². The molecule has 0 aliphatic rings. The third-order valence-corrected chi connectivity index (χ3v) is 4.30. The minimum atomic E-state index is -4.78. The van der Waals surface area contributed by atoms with Gasteiger partial charge in [0, 0.05) is 12.6 Å². The predicted octanol–water partition coefficient (Wildman–Crippen LogP) is 4.24. The van der Waals surface area contributed by atoms with Gasteiger partial charge in [0.25, 0.3) is 0 Å². The van der Waals surface area contributed by atoms with Gasteiger partial charge in [-0.25, -0.2) is 9.48 Å². The molecule has 0 saturated heterocycles. The summed E-state index contributed by atoms with van der Waals surface area (Å²) in [6.07, 6.45) is -4.55. The summed E-state index contributed by atoms with van der Waals surface area (Å²) in [4.78, 5) is 12.1. The quantitative estimate of drug-likeness (QED) is 0.601. The highest BCUT2D eigenvalue weighted by atomic mass is 19.4. The standard InChI is InChI=1S/C21H20F3N3O4/c1-29-16-10-14(11-17(12-16)30-2)8-9-25-20(28)31-18-13-26-27(19(18)21(22,23)24)15-6-4-3-5-7-15/h3-7,10-13H,8-9H2,1-2H3,(H,25,28). The number of halogens is 3. The summed E-state index contributed by atoms with van der Waals surface area (Å²) >= 11 is 0. The maximum atomic E-state index is 13.6. The van der Waals surface area contributed by atoms with Gasteiger partial charge in [0.05, 0.1) is 26.1 Å². The fourth-order valence-corrected chi connectivity index (χ4v) is 2.89. The number of nitrogens with one attached hydrogen (secondary N) is 1. The number of aromatic nitrogens is 2. The van der Waals surface area contributed by atoms with E-state index in [9.17, 15) is 18.0 Å². The molecule has 164 valence electrons. The number of benzene rings is 2. The molecular formula is C21H20F3N3O4. The molecule has 31 heavy (non-hydrogen) atoms. The van der Waals surface area contributed by atoms with Crippen molar-refractivity contribution >= 4 is 6.09 Å². The number of ether oxygens (including phenoxy) is 3. The van der Waals surface area contributed by atoms with Crippen LogP contribution in [0.15, 0.2) is 54.7 Å². The molecule has 10 heteroatoms. The number of hydrogen-bond donors (Lipinski definition) is 1. The van der Waals surface area contributed by atoms with Gasteiger partial charge in [0.2, 0.25) is 0 Å². The van der Waals surface area contributed by atoms with E-state index < -0.39 is 23.7 Å². The van der Waals surface area contributed by atoms with E-state index in [1.807, 2.05) is 0 Å². The molecule has 0 fully saturated rings. The Labute approximate surface area is 176 Å². The van der Waals surface area contributed by atoms with Crippen LogP contribution in [0.4, 0.5) is 18.0 Å². The lowest BCUT2D eigenvalue weighted by atomic mass is 10.1. The summed E-state index contributed by atoms with van der Waals surface area (Å²) < 4.78 is 56.7. The van der Waals surface area contributed by atoms with Gasteiger partial charge in [0.1, 0.15) is 11.5 Å². The van der Waals surface area contributed by atoms with Crippen LogP contribution in [0.3, 0.4) is 0 Å². The molecule has 3 aromatic rings. The number of amides is 1. The predicted molar refractivity (Wildman–Crippen MR) is 106 cm³/mol. The van der Waals surface area contributed by atoms with E-state index in [0.717, 1.165) is 11.8 Å². The molecule has 1 N–H and O–H groups in total. The molecule has 2 aromatic carbocycles. The number of methoxy groups -OCH3 is 2. The van der Waals surface area contributed by atoms with Crippen molar-refractivity contribution in [2.75, 3.05) is 20.8 Å². The average molecular weight is 435 g/mol. The Hall–Kier alpha value is -3.69. The van der Waals surface area contributed by atoms with Gasteiger partial charge in [-0.2, -0.15) is 18.3 Å². The van der Waals surface area contributed by atoms with Crippen LogP contribution in [0, 0.1) is 0 Å². The Bertz CT molecular complexity index is 1010. The van der Waals surface area contributed by atoms with Gasteiger partial charge in [-0.15, -0.1) is 0 Å². The van der Waals surface area contributed by atoms with Crippen molar-refractivity contribution in [1.29, 1.82) is 0 Å². The Balaban J connectivity index is 1.68. The summed E-state index contributed by atoms with van der Waals surface area (Å²) in [6.45, 7) is 0.128. The molecule has 7 nitrogen and oxygen atoms in total. The number of carbonyl (C=O) groups excluding carboxylic acids is 1. The molecule has 0 saturated carbocycles. The molecule has 0 atom stereocenters. The molecule has 0 unspecified atom stereocenters. The lowest BCUT2D eigenvalue weighted by molar-refractivity contribution is -0.143. The summed E-state index contributed by atoms with van der Waals surface area (Å²) in [6, 6.07) is 13.0. The zero-order valence-corrected chi connectivity index (χ0v) is 16.8. The van der Waals surface area contributed by atoms with E-state index in [1.165, 1.54) is 26.4 Å². The molecule has 3 rings (SSSR count). The summed E-state index contributed by atoms with van der Waals surface area (Å²) in [5.41, 5.74) is -0.173. The Morgan fingerprint density at radius 2 is 1.71 bits per heavy atom. The highest BCUT2D eigenvalue weighted by molar-refractivity contribution is 5.70. The normalized spacial score (nSPS) is 11.1. The van der Waals surface area contributed by atoms with Crippen molar-refractivity contribution in [3.63, 3.8) is 0 Å². The minimum absolute atomic E-state index is 0.128. The number of rotatable bonds is 7. The van der Waals surface area contributed by atoms with E-state index in [-0.39, 0.29) is 12.2 Å². The van der Waals surface area contributed by atoms with Gasteiger partial charge < -0.3 is 19.5 Å². The fourth-order valence-electron chi connectivity index (χ4n) is 2.89. The zero-order chi connectivity index (χ0) is 22.4. The van der Waals surface area contributed by atoms with Crippen LogP contribution in [-0.4, -0.2) is 36.6 Å². The van der Waals surface area contributed by atoms with E-state index in [0.29, 0.717) is 22.6 Å². The molecule has 0 aliphatic heterocycles. The Kier molecular flexibility index (Phi) is 6.68. The van der Waals surface area contributed by atoms with E-state index in [2.05, 4.69) is 10.4 Å². The lowest BCUT2D eigenvalue weighted by Crippen LogP contribution is -2.29. The van der Waals surface area contributed by atoms with Gasteiger partial charge in [0.15, 0.2) is 11.4 Å². The number of nitrogens with zero attached hydrogens (tertiary/aromatic N) is 2. The largest absolute Gasteiger partial charge is 0.497 e. The smallest absolute Gasteiger partial charge is 0.437 e. The molecule has 0 bridgehead atoms. The molecule has 0 radical (unpaired) electrons. The second-order valence-electron chi connectivity index (χ2n) is 6.39. The number of para-hydroxylation sites is 1. The van der Waals surface area contributed by atoms with Gasteiger partial charge in [-0.1, -0.05) is 18.2 Å². The molecule has 0 aliphatic carbocycles. The van der Waals surface area contributed by atoms with Crippen molar-refractivity contribution in [2.24, 2.45) is 0 Å². The second kappa shape index (κ2) is 9.41. The van der Waals surface area contributed by atoms with E-state index in [1.54, 1.807) is 36.4 Å². The van der Waals surface area contributed by atoms with Crippen LogP contribution < -0.4 is 19.5 Å². The molecule has 1 heterocycles. The number of carbonyl (C=O) groups is 1. The van der Waals surface area contributed by atoms with Gasteiger partial charge >= 0.3 is 12.3 Å². The van der Waals surface area contributed by atoms with Crippen molar-refractivity contribution < 1.29 is 32.2 Å². The zero-order valence-electron chi connectivity index (χ0n) is 16.8. The van der Waals surface area contributed by atoms with Crippen LogP contribution >= 0.6 is 0 Å². The Morgan fingerprint density at radius 3 is 2.29 bits per heavy atom. The molecule has 1 amide bonds. The Morgan fingerprint density at radius 1 is 1.06 bits per heavy atom. The van der Waals surface area contributed by atoms with Crippen LogP contribution in [-0.2, 0) is 12.6 Å². The molecular weight excluding hydrogens is 415 g/mol. The van der Waals surface area contributed by atoms with E-state index >= 15 is 0 Å². The third kappa shape index (κ3) is 5.47. The van der Waals surface area contributed by atoms with Crippen molar-refractivity contribution in [2.45, 2.75) is 12.6 Å². The van der Waals surface area contributed by atoms with Crippen molar-refractivity contribution in [3.05, 3.63) is 66.0 Å². The first kappa shape index (κ1) is 22.0. The topological polar surface area (TPSA) is 74.6 Å². The SMILES string of the molecule is COc1cc(CCNC(=O)Oc2cnn(-c3ccccc3)c2C(F)(F)F)cc(OC)c1. The highest BCUT2D eigenvalue weighted by Gasteiger charge is 2.40. The first-order chi connectivity index (χ1) is 14.8. The van der Waals surface area contributed by atoms with E-state index in [4.69, 9.17) is 14.2 Å². The monoisotopic (exact) mass is 435 g/mol. The van der Waals surface area contributed by atoms with Crippen LogP contribution in [0.1, 0.15) is 11.3 Å². The first-order valence-electron chi connectivity index (χ1n) is 9.20. The molecule has 0 spiro atoms. The minimum Gasteiger partial charge on any atom is -0.497 e. The number of alkyl halides is 3. The highest BCUT2D eigenvalue weighted by Crippen LogP contribution is 2.37.